The lowest BCUT2D eigenvalue weighted by molar-refractivity contribution is -0.161. The van der Waals surface area contributed by atoms with Crippen LogP contribution in [0.3, 0.4) is 0 Å². The van der Waals surface area contributed by atoms with Crippen molar-refractivity contribution in [2.45, 2.75) is 161 Å². The van der Waals surface area contributed by atoms with Crippen LogP contribution >= 0.6 is 0 Å². The van der Waals surface area contributed by atoms with Gasteiger partial charge in [0.2, 0.25) is 0 Å². The number of ether oxygens (including phenoxy) is 2. The number of aliphatic hydroxyl groups excluding tert-OH is 1. The molecule has 0 saturated carbocycles. The van der Waals surface area contributed by atoms with Crippen molar-refractivity contribution >= 4 is 11.9 Å². The fraction of sp³-hybridized carbons (Fsp3) is 0.818. The molecule has 0 bridgehead atoms. The van der Waals surface area contributed by atoms with E-state index in [1.54, 1.807) is 0 Å². The summed E-state index contributed by atoms with van der Waals surface area (Å²) in [6.07, 6.45) is 32.2. The molecule has 1 atom stereocenters. The van der Waals surface area contributed by atoms with Crippen molar-refractivity contribution in [1.29, 1.82) is 0 Å². The van der Waals surface area contributed by atoms with Gasteiger partial charge in [0.15, 0.2) is 6.10 Å². The molecule has 0 rings (SSSR count). The van der Waals surface area contributed by atoms with Gasteiger partial charge in [-0.3, -0.25) is 9.59 Å². The third-order valence-electron chi connectivity index (χ3n) is 6.72. The first-order valence-electron chi connectivity index (χ1n) is 15.9. The van der Waals surface area contributed by atoms with Gasteiger partial charge in [-0.15, -0.1) is 0 Å². The summed E-state index contributed by atoms with van der Waals surface area (Å²) in [6.45, 7) is 4.05. The van der Waals surface area contributed by atoms with Crippen LogP contribution in [0.1, 0.15) is 155 Å². The maximum atomic E-state index is 12.0. The Morgan fingerprint density at radius 2 is 0.974 bits per heavy atom. The number of carbonyl (C=O) groups is 2. The van der Waals surface area contributed by atoms with Gasteiger partial charge in [-0.25, -0.2) is 0 Å². The van der Waals surface area contributed by atoms with E-state index in [1.165, 1.54) is 77.0 Å². The Morgan fingerprint density at radius 1 is 0.579 bits per heavy atom. The van der Waals surface area contributed by atoms with E-state index < -0.39 is 6.10 Å². The standard InChI is InChI=1S/C33H60O5/c1-3-5-7-9-11-13-15-17-19-21-23-25-27-32(35)37-30-31(29-34)38-33(36)28-26-24-22-20-18-16-14-12-10-8-6-4-2/h11-14,31,34H,3-10,15-30H2,1-2H3/b13-11+,14-12+/t31-/m0/s1. The second kappa shape index (κ2) is 29.9. The predicted octanol–water partition coefficient (Wildman–Crippen LogP) is 9.17. The molecule has 0 aliphatic carbocycles. The third kappa shape index (κ3) is 27.4. The van der Waals surface area contributed by atoms with E-state index in [-0.39, 0.29) is 25.2 Å². The van der Waals surface area contributed by atoms with Gasteiger partial charge in [0.1, 0.15) is 6.61 Å². The van der Waals surface area contributed by atoms with Crippen LogP contribution in [0, 0.1) is 0 Å². The molecule has 1 N–H and O–H groups in total. The number of aliphatic hydroxyl groups is 1. The second-order valence-electron chi connectivity index (χ2n) is 10.5. The van der Waals surface area contributed by atoms with Gasteiger partial charge in [0.05, 0.1) is 6.61 Å². The first kappa shape index (κ1) is 36.4. The quantitative estimate of drug-likeness (QED) is 0.0613. The van der Waals surface area contributed by atoms with Gasteiger partial charge in [-0.1, -0.05) is 102 Å². The highest BCUT2D eigenvalue weighted by atomic mass is 16.6. The lowest BCUT2D eigenvalue weighted by atomic mass is 10.1. The highest BCUT2D eigenvalue weighted by molar-refractivity contribution is 5.70. The van der Waals surface area contributed by atoms with E-state index >= 15 is 0 Å². The maximum absolute atomic E-state index is 12.0. The van der Waals surface area contributed by atoms with Crippen LogP contribution in [-0.4, -0.2) is 36.4 Å². The van der Waals surface area contributed by atoms with Crippen LogP contribution in [0.2, 0.25) is 0 Å². The SMILES string of the molecule is CCCCC/C=C/CCCCCCCC(=O)OC[C@H](CO)OC(=O)CCCCCCC/C=C/CCCCC. The number of carbonyl (C=O) groups excluding carboxylic acids is 2. The molecule has 0 aliphatic rings. The summed E-state index contributed by atoms with van der Waals surface area (Å²) in [6, 6.07) is 0. The molecule has 5 heteroatoms. The predicted molar refractivity (Wildman–Crippen MR) is 159 cm³/mol. The molecule has 0 aliphatic heterocycles. The summed E-state index contributed by atoms with van der Waals surface area (Å²) in [4.78, 5) is 24.0. The molecule has 0 aromatic carbocycles. The van der Waals surface area contributed by atoms with Crippen LogP contribution in [0.15, 0.2) is 24.3 Å². The Morgan fingerprint density at radius 3 is 1.42 bits per heavy atom. The zero-order valence-electron chi connectivity index (χ0n) is 24.9. The van der Waals surface area contributed by atoms with Crippen molar-refractivity contribution in [3.8, 4) is 0 Å². The Hall–Kier alpha value is -1.62. The van der Waals surface area contributed by atoms with Gasteiger partial charge in [0.25, 0.3) is 0 Å². The van der Waals surface area contributed by atoms with Crippen LogP contribution in [0.25, 0.3) is 0 Å². The monoisotopic (exact) mass is 536 g/mol. The van der Waals surface area contributed by atoms with Crippen LogP contribution in [0.5, 0.6) is 0 Å². The summed E-state index contributed by atoms with van der Waals surface area (Å²) < 4.78 is 10.5. The number of hydrogen-bond donors (Lipinski definition) is 1. The van der Waals surface area contributed by atoms with E-state index in [2.05, 4.69) is 38.2 Å². The average molecular weight is 537 g/mol. The molecule has 5 nitrogen and oxygen atoms in total. The molecular weight excluding hydrogens is 476 g/mol. The van der Waals surface area contributed by atoms with Crippen LogP contribution in [-0.2, 0) is 19.1 Å². The topological polar surface area (TPSA) is 72.8 Å². The Balaban J connectivity index is 3.62. The van der Waals surface area contributed by atoms with Crippen molar-refractivity contribution < 1.29 is 24.2 Å². The highest BCUT2D eigenvalue weighted by Crippen LogP contribution is 2.11. The molecular formula is C33H60O5. The minimum absolute atomic E-state index is 0.0718. The van der Waals surface area contributed by atoms with Crippen molar-refractivity contribution in [3.63, 3.8) is 0 Å². The minimum atomic E-state index is -0.773. The van der Waals surface area contributed by atoms with Crippen LogP contribution < -0.4 is 0 Å². The van der Waals surface area contributed by atoms with Crippen molar-refractivity contribution in [1.82, 2.24) is 0 Å². The molecule has 0 saturated heterocycles. The lowest BCUT2D eigenvalue weighted by Crippen LogP contribution is -2.28. The molecule has 0 unspecified atom stereocenters. The summed E-state index contributed by atoms with van der Waals surface area (Å²) in [5.41, 5.74) is 0. The van der Waals surface area contributed by atoms with Gasteiger partial charge in [-0.2, -0.15) is 0 Å². The summed E-state index contributed by atoms with van der Waals surface area (Å²) >= 11 is 0. The molecule has 0 aromatic heterocycles. The van der Waals surface area contributed by atoms with E-state index in [4.69, 9.17) is 9.47 Å². The number of unbranched alkanes of at least 4 members (excludes halogenated alkanes) is 16. The van der Waals surface area contributed by atoms with E-state index in [1.807, 2.05) is 0 Å². The lowest BCUT2D eigenvalue weighted by Gasteiger charge is -2.15. The Bertz CT molecular complexity index is 584. The highest BCUT2D eigenvalue weighted by Gasteiger charge is 2.16. The van der Waals surface area contributed by atoms with Gasteiger partial charge in [-0.05, 0) is 64.2 Å². The molecule has 38 heavy (non-hydrogen) atoms. The zero-order chi connectivity index (χ0) is 27.9. The molecule has 0 radical (unpaired) electrons. The fourth-order valence-electron chi connectivity index (χ4n) is 4.25. The fourth-order valence-corrected chi connectivity index (χ4v) is 4.25. The smallest absolute Gasteiger partial charge is 0.306 e. The summed E-state index contributed by atoms with van der Waals surface area (Å²) in [5.74, 6) is -0.615. The van der Waals surface area contributed by atoms with Crippen molar-refractivity contribution in [2.24, 2.45) is 0 Å². The molecule has 0 amide bonds. The maximum Gasteiger partial charge on any atom is 0.306 e. The number of hydrogen-bond acceptors (Lipinski definition) is 5. The Labute approximate surface area is 234 Å². The van der Waals surface area contributed by atoms with Crippen LogP contribution in [0.4, 0.5) is 0 Å². The second-order valence-corrected chi connectivity index (χ2v) is 10.5. The normalized spacial score (nSPS) is 12.4. The van der Waals surface area contributed by atoms with Gasteiger partial charge >= 0.3 is 11.9 Å². The molecule has 0 fully saturated rings. The largest absolute Gasteiger partial charge is 0.462 e. The molecule has 0 spiro atoms. The van der Waals surface area contributed by atoms with Crippen molar-refractivity contribution in [2.75, 3.05) is 13.2 Å². The van der Waals surface area contributed by atoms with E-state index in [0.717, 1.165) is 51.4 Å². The zero-order valence-corrected chi connectivity index (χ0v) is 24.9. The van der Waals surface area contributed by atoms with Gasteiger partial charge in [0, 0.05) is 12.8 Å². The average Bonchev–Trinajstić information content (AvgIpc) is 2.92. The van der Waals surface area contributed by atoms with Crippen molar-refractivity contribution in [3.05, 3.63) is 24.3 Å². The number of esters is 2. The number of allylic oxidation sites excluding steroid dienone is 4. The minimum Gasteiger partial charge on any atom is -0.462 e. The molecule has 0 heterocycles. The molecule has 222 valence electrons. The molecule has 0 aromatic rings. The Kier molecular flexibility index (Phi) is 28.7. The summed E-state index contributed by atoms with van der Waals surface area (Å²) in [7, 11) is 0. The third-order valence-corrected chi connectivity index (χ3v) is 6.72. The first-order chi connectivity index (χ1) is 18.6. The summed E-state index contributed by atoms with van der Waals surface area (Å²) in [5, 5.41) is 9.47. The first-order valence-corrected chi connectivity index (χ1v) is 15.9. The number of rotatable bonds is 28. The van der Waals surface area contributed by atoms with E-state index in [9.17, 15) is 14.7 Å². The van der Waals surface area contributed by atoms with E-state index in [0.29, 0.717) is 12.8 Å². The van der Waals surface area contributed by atoms with Gasteiger partial charge < -0.3 is 14.6 Å².